The fraction of sp³-hybridized carbons (Fsp3) is 0.595. The van der Waals surface area contributed by atoms with Gasteiger partial charge < -0.3 is 14.6 Å². The van der Waals surface area contributed by atoms with E-state index in [2.05, 4.69) is 6.92 Å². The van der Waals surface area contributed by atoms with Crippen molar-refractivity contribution in [2.45, 2.75) is 129 Å². The summed E-state index contributed by atoms with van der Waals surface area (Å²) in [6.45, 7) is 1.78. The highest BCUT2D eigenvalue weighted by molar-refractivity contribution is 5.97. The van der Waals surface area contributed by atoms with E-state index in [9.17, 15) is 19.5 Å². The van der Waals surface area contributed by atoms with Crippen LogP contribution in [0.5, 0.6) is 0 Å². The number of carbonyl (C=O) groups excluding carboxylic acids is 3. The van der Waals surface area contributed by atoms with Gasteiger partial charge in [0.25, 0.3) is 0 Å². The Morgan fingerprint density at radius 2 is 1.00 bits per heavy atom. The number of hydrogen-bond acceptors (Lipinski definition) is 6. The second-order valence-electron chi connectivity index (χ2n) is 11.6. The predicted molar refractivity (Wildman–Crippen MR) is 173 cm³/mol. The summed E-state index contributed by atoms with van der Waals surface area (Å²) in [7, 11) is 0. The molecule has 0 radical (unpaired) electrons. The van der Waals surface area contributed by atoms with Gasteiger partial charge in [-0.1, -0.05) is 151 Å². The number of ketones is 1. The highest BCUT2D eigenvalue weighted by Crippen LogP contribution is 2.20. The molecule has 2 rings (SSSR count). The first kappa shape index (κ1) is 36.2. The lowest BCUT2D eigenvalue weighted by Gasteiger charge is -2.12. The monoisotopic (exact) mass is 594 g/mol. The zero-order chi connectivity index (χ0) is 31.0. The van der Waals surface area contributed by atoms with Crippen molar-refractivity contribution in [2.75, 3.05) is 13.2 Å². The summed E-state index contributed by atoms with van der Waals surface area (Å²) in [5.74, 6) is -1.06. The van der Waals surface area contributed by atoms with E-state index >= 15 is 0 Å². The quantitative estimate of drug-likeness (QED) is 0.0701. The first-order valence-electron chi connectivity index (χ1n) is 16.7. The number of ether oxygens (including phenoxy) is 2. The third kappa shape index (κ3) is 17.7. The van der Waals surface area contributed by atoms with Gasteiger partial charge in [0.15, 0.2) is 5.78 Å². The molecule has 0 bridgehead atoms. The molecule has 0 aliphatic heterocycles. The maximum absolute atomic E-state index is 12.4. The Morgan fingerprint density at radius 1 is 0.558 bits per heavy atom. The molecule has 1 atom stereocenters. The van der Waals surface area contributed by atoms with Crippen LogP contribution in [0.3, 0.4) is 0 Å². The van der Waals surface area contributed by atoms with Crippen LogP contribution >= 0.6 is 0 Å². The molecule has 0 aliphatic carbocycles. The van der Waals surface area contributed by atoms with E-state index in [4.69, 9.17) is 9.47 Å². The molecular weight excluding hydrogens is 540 g/mol. The summed E-state index contributed by atoms with van der Waals surface area (Å²) in [5, 5.41) is 10.0. The van der Waals surface area contributed by atoms with Crippen LogP contribution in [0.2, 0.25) is 0 Å². The van der Waals surface area contributed by atoms with Gasteiger partial charge in [0.1, 0.15) is 19.3 Å². The summed E-state index contributed by atoms with van der Waals surface area (Å²) in [6.07, 6.45) is 18.2. The fourth-order valence-corrected chi connectivity index (χ4v) is 5.05. The van der Waals surface area contributed by atoms with Crippen molar-refractivity contribution in [1.29, 1.82) is 0 Å². The molecule has 2 aromatic rings. The molecule has 43 heavy (non-hydrogen) atoms. The normalized spacial score (nSPS) is 11.7. The lowest BCUT2D eigenvalue weighted by Crippen LogP contribution is -2.25. The molecule has 238 valence electrons. The summed E-state index contributed by atoms with van der Waals surface area (Å²) >= 11 is 0. The van der Waals surface area contributed by atoms with Gasteiger partial charge in [-0.25, -0.2) is 0 Å². The van der Waals surface area contributed by atoms with Crippen molar-refractivity contribution in [3.8, 4) is 11.1 Å². The van der Waals surface area contributed by atoms with Crippen molar-refractivity contribution in [1.82, 2.24) is 0 Å². The minimum atomic E-state index is -1.09. The van der Waals surface area contributed by atoms with Gasteiger partial charge in [0.05, 0.1) is 6.42 Å². The molecule has 1 N–H and O–H groups in total. The largest absolute Gasteiger partial charge is 0.463 e. The molecule has 6 nitrogen and oxygen atoms in total. The third-order valence-corrected chi connectivity index (χ3v) is 7.73. The Bertz CT molecular complexity index is 1020. The SMILES string of the molecule is CCCCCCCCCCCCCCCCCC(=O)OCC(O)COC(=O)CCC(=O)c1ccc(-c2ccccc2)cc1. The Labute approximate surface area is 259 Å². The number of esters is 2. The molecule has 0 saturated carbocycles. The number of rotatable bonds is 25. The Hall–Kier alpha value is -2.99. The molecule has 0 amide bonds. The third-order valence-electron chi connectivity index (χ3n) is 7.73. The van der Waals surface area contributed by atoms with Gasteiger partial charge in [-0.05, 0) is 17.5 Å². The lowest BCUT2D eigenvalue weighted by atomic mass is 10.0. The van der Waals surface area contributed by atoms with Crippen LogP contribution in [0.4, 0.5) is 0 Å². The Balaban J connectivity index is 1.41. The van der Waals surface area contributed by atoms with E-state index in [1.807, 2.05) is 42.5 Å². The summed E-state index contributed by atoms with van der Waals surface area (Å²) in [5.41, 5.74) is 2.62. The van der Waals surface area contributed by atoms with Gasteiger partial charge >= 0.3 is 11.9 Å². The summed E-state index contributed by atoms with van der Waals surface area (Å²) < 4.78 is 10.2. The van der Waals surface area contributed by atoms with Gasteiger partial charge in [-0.3, -0.25) is 14.4 Å². The lowest BCUT2D eigenvalue weighted by molar-refractivity contribution is -0.152. The van der Waals surface area contributed by atoms with Crippen molar-refractivity contribution < 1.29 is 29.0 Å². The van der Waals surface area contributed by atoms with E-state index in [-0.39, 0.29) is 37.8 Å². The first-order valence-corrected chi connectivity index (χ1v) is 16.7. The summed E-state index contributed by atoms with van der Waals surface area (Å²) in [4.78, 5) is 36.4. The predicted octanol–water partition coefficient (Wildman–Crippen LogP) is 9.03. The van der Waals surface area contributed by atoms with E-state index in [0.29, 0.717) is 12.0 Å². The standard InChI is InChI=1S/C37H54O6/c1-2-3-4-5-6-7-8-9-10-11-12-13-14-15-19-22-36(40)42-29-34(38)30-43-37(41)28-27-35(39)33-25-23-32(24-26-33)31-20-17-16-18-21-31/h16-18,20-21,23-26,34,38H,2-15,19,22,27-30H2,1H3. The molecular formula is C37H54O6. The van der Waals surface area contributed by atoms with Gasteiger partial charge in [-0.2, -0.15) is 0 Å². The minimum Gasteiger partial charge on any atom is -0.463 e. The summed E-state index contributed by atoms with van der Waals surface area (Å²) in [6, 6.07) is 17.2. The van der Waals surface area contributed by atoms with E-state index in [1.165, 1.54) is 77.0 Å². The second-order valence-corrected chi connectivity index (χ2v) is 11.6. The Kier molecular flexibility index (Phi) is 19.8. The van der Waals surface area contributed by atoms with Crippen LogP contribution in [-0.2, 0) is 19.1 Å². The molecule has 6 heteroatoms. The molecule has 0 saturated heterocycles. The van der Waals surface area contributed by atoms with Crippen molar-refractivity contribution >= 4 is 17.7 Å². The Morgan fingerprint density at radius 3 is 1.51 bits per heavy atom. The number of benzene rings is 2. The average Bonchev–Trinajstić information content (AvgIpc) is 3.04. The molecule has 2 aromatic carbocycles. The van der Waals surface area contributed by atoms with E-state index in [0.717, 1.165) is 30.4 Å². The van der Waals surface area contributed by atoms with Crippen molar-refractivity contribution in [2.24, 2.45) is 0 Å². The van der Waals surface area contributed by atoms with Gasteiger partial charge in [-0.15, -0.1) is 0 Å². The van der Waals surface area contributed by atoms with Crippen LogP contribution < -0.4 is 0 Å². The molecule has 0 aliphatic rings. The molecule has 0 heterocycles. The number of unbranched alkanes of at least 4 members (excludes halogenated alkanes) is 14. The van der Waals surface area contributed by atoms with Crippen LogP contribution in [0.15, 0.2) is 54.6 Å². The number of aliphatic hydroxyl groups excluding tert-OH is 1. The van der Waals surface area contributed by atoms with E-state index < -0.39 is 12.1 Å². The van der Waals surface area contributed by atoms with E-state index in [1.54, 1.807) is 12.1 Å². The van der Waals surface area contributed by atoms with Crippen molar-refractivity contribution in [3.63, 3.8) is 0 Å². The second kappa shape index (κ2) is 23.5. The fourth-order valence-electron chi connectivity index (χ4n) is 5.05. The topological polar surface area (TPSA) is 89.9 Å². The molecule has 1 unspecified atom stereocenters. The number of hydrogen-bond donors (Lipinski definition) is 1. The molecule has 0 fully saturated rings. The number of Topliss-reactive ketones (excluding diaryl/α,β-unsaturated/α-hetero) is 1. The van der Waals surface area contributed by atoms with Crippen LogP contribution in [-0.4, -0.2) is 42.1 Å². The maximum atomic E-state index is 12.4. The molecule has 0 spiro atoms. The zero-order valence-electron chi connectivity index (χ0n) is 26.4. The van der Waals surface area contributed by atoms with Crippen molar-refractivity contribution in [3.05, 3.63) is 60.2 Å². The smallest absolute Gasteiger partial charge is 0.306 e. The highest BCUT2D eigenvalue weighted by atomic mass is 16.6. The number of carbonyl (C=O) groups is 3. The van der Waals surface area contributed by atoms with Gasteiger partial charge in [0.2, 0.25) is 0 Å². The minimum absolute atomic E-state index is 0.0217. The zero-order valence-corrected chi connectivity index (χ0v) is 26.4. The van der Waals surface area contributed by atoms with Crippen LogP contribution in [0, 0.1) is 0 Å². The maximum Gasteiger partial charge on any atom is 0.306 e. The molecule has 0 aromatic heterocycles. The highest BCUT2D eigenvalue weighted by Gasteiger charge is 2.14. The average molecular weight is 595 g/mol. The number of aliphatic hydroxyl groups is 1. The van der Waals surface area contributed by atoms with Crippen LogP contribution in [0.25, 0.3) is 11.1 Å². The first-order chi connectivity index (χ1) is 21.0. The van der Waals surface area contributed by atoms with Gasteiger partial charge in [0, 0.05) is 18.4 Å². The van der Waals surface area contributed by atoms with Crippen LogP contribution in [0.1, 0.15) is 133 Å².